The van der Waals surface area contributed by atoms with E-state index in [1.54, 1.807) is 6.92 Å². The van der Waals surface area contributed by atoms with Gasteiger partial charge in [0.25, 0.3) is 0 Å². The van der Waals surface area contributed by atoms with Crippen LogP contribution in [0.15, 0.2) is 0 Å². The van der Waals surface area contributed by atoms with E-state index < -0.39 is 5.72 Å². The van der Waals surface area contributed by atoms with Gasteiger partial charge in [0.2, 0.25) is 0 Å². The topological polar surface area (TPSA) is 32.3 Å². The van der Waals surface area contributed by atoms with Gasteiger partial charge in [-0.05, 0) is 27.7 Å². The third-order valence-electron chi connectivity index (χ3n) is 1.23. The number of alkyl halides is 1. The lowest BCUT2D eigenvalue weighted by atomic mass is 10.0. The van der Waals surface area contributed by atoms with Crippen LogP contribution in [0.3, 0.4) is 0 Å². The van der Waals surface area contributed by atoms with Crippen LogP contribution >= 0.6 is 11.6 Å². The van der Waals surface area contributed by atoms with Crippen molar-refractivity contribution in [3.8, 4) is 0 Å². The van der Waals surface area contributed by atoms with Gasteiger partial charge in [0.1, 0.15) is 5.72 Å². The molecule has 1 unspecified atom stereocenters. The van der Waals surface area contributed by atoms with Crippen molar-refractivity contribution in [3.05, 3.63) is 0 Å². The Morgan fingerprint density at radius 3 is 2.00 bits per heavy atom. The molecular weight excluding hydrogens is 162 g/mol. The lowest BCUT2D eigenvalue weighted by Crippen LogP contribution is -2.52. The highest BCUT2D eigenvalue weighted by atomic mass is 35.5. The number of rotatable bonds is 3. The van der Waals surface area contributed by atoms with E-state index in [2.05, 4.69) is 5.32 Å². The van der Waals surface area contributed by atoms with Gasteiger partial charge in [-0.25, -0.2) is 0 Å². The van der Waals surface area contributed by atoms with Crippen LogP contribution in [0.2, 0.25) is 0 Å². The molecular formula is C8H18ClNO. The summed E-state index contributed by atoms with van der Waals surface area (Å²) in [5.41, 5.74) is -0.921. The molecule has 0 spiro atoms. The van der Waals surface area contributed by atoms with Crippen molar-refractivity contribution in [1.82, 2.24) is 5.32 Å². The maximum absolute atomic E-state index is 9.65. The van der Waals surface area contributed by atoms with Crippen molar-refractivity contribution in [1.29, 1.82) is 0 Å². The Morgan fingerprint density at radius 1 is 1.27 bits per heavy atom. The van der Waals surface area contributed by atoms with E-state index in [9.17, 15) is 5.11 Å². The molecule has 11 heavy (non-hydrogen) atoms. The molecule has 3 heteroatoms. The molecule has 0 amide bonds. The maximum atomic E-state index is 9.65. The first-order valence-electron chi connectivity index (χ1n) is 3.84. The van der Waals surface area contributed by atoms with Crippen molar-refractivity contribution >= 4 is 11.6 Å². The molecule has 0 fully saturated rings. The first-order chi connectivity index (χ1) is 4.77. The van der Waals surface area contributed by atoms with Crippen molar-refractivity contribution in [2.24, 2.45) is 0 Å². The second-order valence-electron chi connectivity index (χ2n) is 4.09. The van der Waals surface area contributed by atoms with Crippen LogP contribution in [0.1, 0.15) is 34.1 Å². The Labute approximate surface area is 73.9 Å². The first-order valence-corrected chi connectivity index (χ1v) is 4.38. The standard InChI is InChI=1S/C8H18ClNO/c1-7(2,3)10-8(4,11)5-6-9/h10-11H,5-6H2,1-4H3. The minimum atomic E-state index is -0.847. The number of nitrogens with one attached hydrogen (secondary N) is 1. The third kappa shape index (κ3) is 6.60. The van der Waals surface area contributed by atoms with Gasteiger partial charge in [0, 0.05) is 17.8 Å². The summed E-state index contributed by atoms with van der Waals surface area (Å²) < 4.78 is 0. The summed E-state index contributed by atoms with van der Waals surface area (Å²) in [7, 11) is 0. The Kier molecular flexibility index (Phi) is 3.82. The number of aliphatic hydroxyl groups is 1. The van der Waals surface area contributed by atoms with Crippen LogP contribution in [0.4, 0.5) is 0 Å². The lowest BCUT2D eigenvalue weighted by Gasteiger charge is -2.32. The molecule has 0 radical (unpaired) electrons. The fraction of sp³-hybridized carbons (Fsp3) is 1.00. The summed E-state index contributed by atoms with van der Waals surface area (Å²) in [6, 6.07) is 0. The average Bonchev–Trinajstić information content (AvgIpc) is 1.55. The summed E-state index contributed by atoms with van der Waals surface area (Å²) in [6.07, 6.45) is 0.561. The number of hydrogen-bond donors (Lipinski definition) is 2. The highest BCUT2D eigenvalue weighted by molar-refractivity contribution is 6.17. The van der Waals surface area contributed by atoms with Crippen LogP contribution in [-0.2, 0) is 0 Å². The Bertz CT molecular complexity index is 118. The van der Waals surface area contributed by atoms with E-state index in [-0.39, 0.29) is 5.54 Å². The van der Waals surface area contributed by atoms with Crippen molar-refractivity contribution < 1.29 is 5.11 Å². The first kappa shape index (κ1) is 11.2. The second kappa shape index (κ2) is 3.74. The molecule has 2 N–H and O–H groups in total. The van der Waals surface area contributed by atoms with Crippen LogP contribution in [-0.4, -0.2) is 22.3 Å². The number of halogens is 1. The van der Waals surface area contributed by atoms with Crippen LogP contribution in [0.5, 0.6) is 0 Å². The zero-order chi connectivity index (χ0) is 9.12. The third-order valence-corrected chi connectivity index (χ3v) is 1.41. The quantitative estimate of drug-likeness (QED) is 0.511. The Balaban J connectivity index is 3.91. The molecule has 2 nitrogen and oxygen atoms in total. The lowest BCUT2D eigenvalue weighted by molar-refractivity contribution is -0.00192. The molecule has 1 atom stereocenters. The predicted octanol–water partition coefficient (Wildman–Crippen LogP) is 1.71. The molecule has 0 saturated carbocycles. The SMILES string of the molecule is CC(C)(C)NC(C)(O)CCCl. The van der Waals surface area contributed by atoms with Crippen molar-refractivity contribution in [3.63, 3.8) is 0 Å². The van der Waals surface area contributed by atoms with Gasteiger partial charge in [0.05, 0.1) is 0 Å². The summed E-state index contributed by atoms with van der Waals surface area (Å²) in [6.45, 7) is 7.77. The van der Waals surface area contributed by atoms with Gasteiger partial charge in [0.15, 0.2) is 0 Å². The molecule has 0 aliphatic carbocycles. The average molecular weight is 180 g/mol. The van der Waals surface area contributed by atoms with Crippen LogP contribution < -0.4 is 5.32 Å². The molecule has 0 aromatic heterocycles. The Hall–Kier alpha value is 0.210. The highest BCUT2D eigenvalue weighted by Crippen LogP contribution is 2.12. The minimum absolute atomic E-state index is 0.0739. The molecule has 0 heterocycles. The van der Waals surface area contributed by atoms with Gasteiger partial charge in [-0.1, -0.05) is 0 Å². The van der Waals surface area contributed by atoms with Gasteiger partial charge in [-0.3, -0.25) is 5.32 Å². The fourth-order valence-corrected chi connectivity index (χ4v) is 1.42. The van der Waals surface area contributed by atoms with E-state index in [1.165, 1.54) is 0 Å². The van der Waals surface area contributed by atoms with Crippen molar-refractivity contribution in [2.75, 3.05) is 5.88 Å². The van der Waals surface area contributed by atoms with Gasteiger partial charge in [-0.2, -0.15) is 0 Å². The molecule has 0 aliphatic rings. The summed E-state index contributed by atoms with van der Waals surface area (Å²) in [4.78, 5) is 0. The van der Waals surface area contributed by atoms with E-state index in [0.717, 1.165) is 0 Å². The van der Waals surface area contributed by atoms with Gasteiger partial charge < -0.3 is 5.11 Å². The molecule has 0 aliphatic heterocycles. The zero-order valence-corrected chi connectivity index (χ0v) is 8.50. The monoisotopic (exact) mass is 179 g/mol. The molecule has 68 valence electrons. The number of hydrogen-bond acceptors (Lipinski definition) is 2. The van der Waals surface area contributed by atoms with Crippen LogP contribution in [0.25, 0.3) is 0 Å². The minimum Gasteiger partial charge on any atom is -0.376 e. The smallest absolute Gasteiger partial charge is 0.114 e. The molecule has 0 bridgehead atoms. The maximum Gasteiger partial charge on any atom is 0.114 e. The normalized spacial score (nSPS) is 18.0. The highest BCUT2D eigenvalue weighted by Gasteiger charge is 2.24. The van der Waals surface area contributed by atoms with Gasteiger partial charge in [-0.15, -0.1) is 11.6 Å². The van der Waals surface area contributed by atoms with E-state index >= 15 is 0 Å². The zero-order valence-electron chi connectivity index (χ0n) is 7.74. The molecule has 0 aromatic carbocycles. The molecule has 0 aromatic rings. The van der Waals surface area contributed by atoms with Crippen LogP contribution in [0, 0.1) is 0 Å². The van der Waals surface area contributed by atoms with E-state index in [1.807, 2.05) is 20.8 Å². The van der Waals surface area contributed by atoms with E-state index in [4.69, 9.17) is 11.6 Å². The molecule has 0 saturated heterocycles. The summed E-state index contributed by atoms with van der Waals surface area (Å²) in [5, 5.41) is 12.7. The molecule has 0 rings (SSSR count). The van der Waals surface area contributed by atoms with Gasteiger partial charge >= 0.3 is 0 Å². The summed E-state index contributed by atoms with van der Waals surface area (Å²) >= 11 is 5.51. The Morgan fingerprint density at radius 2 is 1.73 bits per heavy atom. The fourth-order valence-electron chi connectivity index (χ4n) is 1.05. The van der Waals surface area contributed by atoms with Crippen molar-refractivity contribution in [2.45, 2.75) is 45.4 Å². The largest absolute Gasteiger partial charge is 0.376 e. The second-order valence-corrected chi connectivity index (χ2v) is 4.47. The van der Waals surface area contributed by atoms with E-state index in [0.29, 0.717) is 12.3 Å². The predicted molar refractivity (Wildman–Crippen MR) is 48.8 cm³/mol. The summed E-state index contributed by atoms with van der Waals surface area (Å²) in [5.74, 6) is 0.468.